The van der Waals surface area contributed by atoms with Gasteiger partial charge in [-0.3, -0.25) is 14.8 Å². The monoisotopic (exact) mass is 415 g/mol. The van der Waals surface area contributed by atoms with Crippen molar-refractivity contribution in [3.63, 3.8) is 0 Å². The lowest BCUT2D eigenvalue weighted by molar-refractivity contribution is -0.141. The second-order valence-corrected chi connectivity index (χ2v) is 7.48. The summed E-state index contributed by atoms with van der Waals surface area (Å²) in [5.74, 6) is -2.96. The van der Waals surface area contributed by atoms with Crippen molar-refractivity contribution in [2.75, 3.05) is 18.6 Å². The lowest BCUT2D eigenvalue weighted by Gasteiger charge is -2.26. The molecule has 2 aliphatic rings. The normalized spacial score (nSPS) is 23.9. The molecule has 1 unspecified atom stereocenters. The highest BCUT2D eigenvalue weighted by atomic mass is 32.2. The first-order valence-electron chi connectivity index (χ1n) is 7.46. The van der Waals surface area contributed by atoms with Gasteiger partial charge >= 0.3 is 11.9 Å². The molecule has 2 heterocycles. The van der Waals surface area contributed by atoms with Crippen LogP contribution in [0.15, 0.2) is 27.3 Å². The van der Waals surface area contributed by atoms with E-state index in [-0.39, 0.29) is 27.9 Å². The molecular weight excluding hydrogens is 398 g/mol. The standard InChI is InChI=1S/C14H17N5O6S2/c1-5-3-26-11(18-7(5)12(21)22)9(13(23)24)17-10(20)8(19-25-2)6-4-27-14(15)16-6/h6,9,11H,1,3-4H2,2H3,(H2,15,16)(H,17,20)(H,21,22)(H,23,24)/b19-8-/t6?,9-,11+/m0/s1. The Labute approximate surface area is 162 Å². The molecule has 2 aliphatic heterocycles. The van der Waals surface area contributed by atoms with E-state index in [1.807, 2.05) is 0 Å². The Hall–Kier alpha value is -2.54. The minimum absolute atomic E-state index is 0.135. The fraction of sp³-hybridized carbons (Fsp3) is 0.429. The van der Waals surface area contributed by atoms with Crippen LogP contribution in [0.25, 0.3) is 0 Å². The maximum atomic E-state index is 12.6. The van der Waals surface area contributed by atoms with Crippen LogP contribution in [0.2, 0.25) is 0 Å². The maximum Gasteiger partial charge on any atom is 0.354 e. The first kappa shape index (κ1) is 20.8. The smallest absolute Gasteiger partial charge is 0.354 e. The number of nitrogens with two attached hydrogens (primary N) is 1. The summed E-state index contributed by atoms with van der Waals surface area (Å²) in [6.45, 7) is 3.60. The Morgan fingerprint density at radius 2 is 2.11 bits per heavy atom. The van der Waals surface area contributed by atoms with Crippen molar-refractivity contribution in [2.24, 2.45) is 20.9 Å². The van der Waals surface area contributed by atoms with Crippen molar-refractivity contribution in [2.45, 2.75) is 17.5 Å². The van der Waals surface area contributed by atoms with E-state index in [1.54, 1.807) is 0 Å². The van der Waals surface area contributed by atoms with E-state index in [2.05, 4.69) is 31.9 Å². The Balaban J connectivity index is 2.23. The van der Waals surface area contributed by atoms with Gasteiger partial charge in [-0.1, -0.05) is 23.5 Å². The van der Waals surface area contributed by atoms with Crippen LogP contribution in [0.5, 0.6) is 0 Å². The zero-order valence-corrected chi connectivity index (χ0v) is 15.7. The number of oxime groups is 1. The van der Waals surface area contributed by atoms with Gasteiger partial charge in [0, 0.05) is 11.5 Å². The van der Waals surface area contributed by atoms with Gasteiger partial charge in [-0.2, -0.15) is 0 Å². The van der Waals surface area contributed by atoms with Crippen LogP contribution in [0, 0.1) is 0 Å². The first-order chi connectivity index (χ1) is 12.7. The number of carbonyl (C=O) groups is 3. The van der Waals surface area contributed by atoms with E-state index in [1.165, 1.54) is 18.9 Å². The van der Waals surface area contributed by atoms with Gasteiger partial charge in [0.25, 0.3) is 5.91 Å². The van der Waals surface area contributed by atoms with Crippen LogP contribution < -0.4 is 11.1 Å². The molecule has 146 valence electrons. The molecule has 0 aliphatic carbocycles. The van der Waals surface area contributed by atoms with Crippen molar-refractivity contribution in [1.29, 1.82) is 0 Å². The molecule has 0 saturated carbocycles. The van der Waals surface area contributed by atoms with Gasteiger partial charge in [0.2, 0.25) is 0 Å². The largest absolute Gasteiger partial charge is 0.480 e. The molecule has 27 heavy (non-hydrogen) atoms. The summed E-state index contributed by atoms with van der Waals surface area (Å²) in [5, 5.41) is 23.8. The van der Waals surface area contributed by atoms with Gasteiger partial charge < -0.3 is 26.1 Å². The number of nitrogens with one attached hydrogen (secondary N) is 1. The van der Waals surface area contributed by atoms with Gasteiger partial charge in [0.1, 0.15) is 24.2 Å². The molecule has 11 nitrogen and oxygen atoms in total. The second kappa shape index (κ2) is 8.90. The topological polar surface area (TPSA) is 176 Å². The molecular formula is C14H17N5O6S2. The van der Waals surface area contributed by atoms with Crippen LogP contribution >= 0.6 is 23.5 Å². The molecule has 0 spiro atoms. The van der Waals surface area contributed by atoms with E-state index < -0.39 is 35.3 Å². The number of aliphatic imine (C=N–C) groups is 2. The van der Waals surface area contributed by atoms with E-state index in [4.69, 9.17) is 10.8 Å². The highest BCUT2D eigenvalue weighted by Gasteiger charge is 2.37. The van der Waals surface area contributed by atoms with Crippen LogP contribution in [-0.2, 0) is 19.2 Å². The highest BCUT2D eigenvalue weighted by molar-refractivity contribution is 8.14. The summed E-state index contributed by atoms with van der Waals surface area (Å²) < 4.78 is 0. The van der Waals surface area contributed by atoms with Gasteiger partial charge in [-0.05, 0) is 5.57 Å². The SMILES string of the molecule is C=C1CS[C@H]([C@H](NC(=O)/C(=N\OC)C2CSC(N)=N2)C(=O)O)N=C1C(=O)O. The molecule has 0 bridgehead atoms. The number of hydrogen-bond acceptors (Lipinski definition) is 10. The fourth-order valence-electron chi connectivity index (χ4n) is 2.24. The Bertz CT molecular complexity index is 765. The minimum atomic E-state index is -1.48. The molecule has 0 aromatic rings. The number of carbonyl (C=O) groups excluding carboxylic acids is 1. The summed E-state index contributed by atoms with van der Waals surface area (Å²) >= 11 is 2.29. The minimum Gasteiger partial charge on any atom is -0.480 e. The summed E-state index contributed by atoms with van der Waals surface area (Å²) in [5.41, 5.74) is 5.42. The van der Waals surface area contributed by atoms with Crippen molar-refractivity contribution in [3.8, 4) is 0 Å². The lowest BCUT2D eigenvalue weighted by atomic mass is 10.1. The lowest BCUT2D eigenvalue weighted by Crippen LogP contribution is -2.52. The second-order valence-electron chi connectivity index (χ2n) is 5.33. The average molecular weight is 415 g/mol. The average Bonchev–Trinajstić information content (AvgIpc) is 3.03. The summed E-state index contributed by atoms with van der Waals surface area (Å²) in [4.78, 5) is 48.1. The van der Waals surface area contributed by atoms with E-state index in [9.17, 15) is 19.5 Å². The van der Waals surface area contributed by atoms with Crippen LogP contribution in [0.1, 0.15) is 0 Å². The quantitative estimate of drug-likeness (QED) is 0.304. The van der Waals surface area contributed by atoms with Crippen molar-refractivity contribution < 1.29 is 29.4 Å². The zero-order valence-electron chi connectivity index (χ0n) is 14.1. The Kier molecular flexibility index (Phi) is 6.85. The Morgan fingerprint density at radius 1 is 1.41 bits per heavy atom. The van der Waals surface area contributed by atoms with E-state index in [0.29, 0.717) is 5.75 Å². The number of carboxylic acid groups (broad SMARTS) is 2. The number of aliphatic carboxylic acids is 2. The van der Waals surface area contributed by atoms with Gasteiger partial charge in [0.15, 0.2) is 16.9 Å². The zero-order chi connectivity index (χ0) is 20.1. The number of thioether (sulfide) groups is 2. The molecule has 0 aromatic carbocycles. The molecule has 0 fully saturated rings. The summed E-state index contributed by atoms with van der Waals surface area (Å²) in [6.07, 6.45) is 0. The summed E-state index contributed by atoms with van der Waals surface area (Å²) in [6, 6.07) is -2.16. The van der Waals surface area contributed by atoms with Gasteiger partial charge in [0.05, 0.1) is 0 Å². The van der Waals surface area contributed by atoms with Crippen molar-refractivity contribution in [1.82, 2.24) is 5.32 Å². The fourth-order valence-corrected chi connectivity index (χ4v) is 4.07. The van der Waals surface area contributed by atoms with Gasteiger partial charge in [-0.25, -0.2) is 9.59 Å². The van der Waals surface area contributed by atoms with E-state index >= 15 is 0 Å². The van der Waals surface area contributed by atoms with Crippen molar-refractivity contribution in [3.05, 3.63) is 12.2 Å². The van der Waals surface area contributed by atoms with Gasteiger partial charge in [-0.15, -0.1) is 11.8 Å². The molecule has 0 aromatic heterocycles. The maximum absolute atomic E-state index is 12.6. The number of amides is 1. The van der Waals surface area contributed by atoms with E-state index in [0.717, 1.165) is 11.8 Å². The van der Waals surface area contributed by atoms with Crippen LogP contribution in [-0.4, -0.2) is 80.7 Å². The molecule has 13 heteroatoms. The summed E-state index contributed by atoms with van der Waals surface area (Å²) in [7, 11) is 1.24. The highest BCUT2D eigenvalue weighted by Crippen LogP contribution is 2.26. The molecule has 1 amide bonds. The number of amidine groups is 1. The predicted octanol–water partition coefficient (Wildman–Crippen LogP) is -0.857. The molecule has 5 N–H and O–H groups in total. The number of rotatable bonds is 7. The number of hydrogen-bond donors (Lipinski definition) is 4. The Morgan fingerprint density at radius 3 is 2.63 bits per heavy atom. The van der Waals surface area contributed by atoms with Crippen LogP contribution in [0.4, 0.5) is 0 Å². The van der Waals surface area contributed by atoms with Crippen LogP contribution in [0.3, 0.4) is 0 Å². The molecule has 2 rings (SSSR count). The first-order valence-corrected chi connectivity index (χ1v) is 9.49. The number of carboxylic acids is 2. The predicted molar refractivity (Wildman–Crippen MR) is 102 cm³/mol. The van der Waals surface area contributed by atoms with Crippen molar-refractivity contribution >= 4 is 58.0 Å². The molecule has 0 saturated heterocycles. The third-order valence-electron chi connectivity index (χ3n) is 3.47. The third-order valence-corrected chi connectivity index (χ3v) is 5.59. The molecule has 0 radical (unpaired) electrons. The number of nitrogens with zero attached hydrogens (tertiary/aromatic N) is 3. The molecule has 3 atom stereocenters. The third kappa shape index (κ3) is 5.01.